The zero-order chi connectivity index (χ0) is 19.2. The van der Waals surface area contributed by atoms with E-state index in [0.29, 0.717) is 18.7 Å². The molecule has 0 spiro atoms. The van der Waals surface area contributed by atoms with Gasteiger partial charge in [-0.15, -0.1) is 11.8 Å². The number of aromatic nitrogens is 3. The minimum atomic E-state index is -0.378. The number of fused-ring (bicyclic) bond motifs is 1. The van der Waals surface area contributed by atoms with Gasteiger partial charge in [-0.3, -0.25) is 9.59 Å². The lowest BCUT2D eigenvalue weighted by molar-refractivity contribution is -0.138. The quantitative estimate of drug-likeness (QED) is 0.870. The normalized spacial score (nSPS) is 24.3. The second-order valence-corrected chi connectivity index (χ2v) is 8.85. The number of hydrogen-bond acceptors (Lipinski definition) is 5. The summed E-state index contributed by atoms with van der Waals surface area (Å²) in [6.07, 6.45) is 3.10. The van der Waals surface area contributed by atoms with Crippen molar-refractivity contribution in [1.29, 1.82) is 0 Å². The number of nitrogens with zero attached hydrogens (tertiary/aromatic N) is 4. The van der Waals surface area contributed by atoms with Gasteiger partial charge in [0, 0.05) is 30.6 Å². The molecule has 2 saturated heterocycles. The number of rotatable bonds is 4. The molecule has 2 atom stereocenters. The second kappa shape index (κ2) is 6.67. The lowest BCUT2D eigenvalue weighted by Gasteiger charge is -2.29. The van der Waals surface area contributed by atoms with Gasteiger partial charge in [0.2, 0.25) is 11.8 Å². The Morgan fingerprint density at radius 1 is 1.41 bits per heavy atom. The summed E-state index contributed by atoms with van der Waals surface area (Å²) < 4.78 is 1.80. The maximum absolute atomic E-state index is 12.6. The number of carbonyl (C=O) groups excluding carboxylic acids is 2. The number of pyridine rings is 1. The summed E-state index contributed by atoms with van der Waals surface area (Å²) in [5, 5.41) is 7.38. The lowest BCUT2D eigenvalue weighted by Crippen LogP contribution is -2.49. The summed E-state index contributed by atoms with van der Waals surface area (Å²) in [6, 6.07) is 5.46. The third-order valence-corrected chi connectivity index (χ3v) is 6.76. The van der Waals surface area contributed by atoms with Crippen LogP contribution in [0.15, 0.2) is 24.4 Å². The third-order valence-electron chi connectivity index (χ3n) is 5.25. The van der Waals surface area contributed by atoms with Crippen LogP contribution >= 0.6 is 11.8 Å². The Bertz CT molecular complexity index is 894. The summed E-state index contributed by atoms with van der Waals surface area (Å²) in [5.41, 5.74) is 2.89. The van der Waals surface area contributed by atoms with Crippen LogP contribution in [0.1, 0.15) is 36.7 Å². The highest BCUT2D eigenvalue weighted by molar-refractivity contribution is 8.01. The largest absolute Gasteiger partial charge is 0.350 e. The Balaban J connectivity index is 1.40. The molecule has 27 heavy (non-hydrogen) atoms. The van der Waals surface area contributed by atoms with Crippen LogP contribution in [-0.4, -0.2) is 48.1 Å². The van der Waals surface area contributed by atoms with Crippen molar-refractivity contribution in [2.24, 2.45) is 0 Å². The van der Waals surface area contributed by atoms with Gasteiger partial charge in [0.1, 0.15) is 6.04 Å². The molecule has 2 amide bonds. The predicted molar refractivity (Wildman–Crippen MR) is 103 cm³/mol. The molecule has 0 saturated carbocycles. The maximum atomic E-state index is 12.6. The Kier molecular flexibility index (Phi) is 4.46. The molecule has 2 fully saturated rings. The van der Waals surface area contributed by atoms with E-state index in [-0.39, 0.29) is 22.7 Å². The number of thioether (sulfide) groups is 1. The molecule has 8 heteroatoms. The molecule has 0 aromatic carbocycles. The van der Waals surface area contributed by atoms with Gasteiger partial charge in [-0.05, 0) is 44.9 Å². The molecule has 2 aliphatic rings. The van der Waals surface area contributed by atoms with Gasteiger partial charge in [0.25, 0.3) is 0 Å². The van der Waals surface area contributed by atoms with Crippen LogP contribution in [0.3, 0.4) is 0 Å². The van der Waals surface area contributed by atoms with E-state index in [1.165, 1.54) is 0 Å². The average molecular weight is 385 g/mol. The van der Waals surface area contributed by atoms with E-state index in [0.717, 1.165) is 29.2 Å². The van der Waals surface area contributed by atoms with Crippen LogP contribution in [0.4, 0.5) is 0 Å². The fourth-order valence-electron chi connectivity index (χ4n) is 3.83. The molecule has 7 nitrogen and oxygen atoms in total. The van der Waals surface area contributed by atoms with Crippen LogP contribution in [-0.2, 0) is 16.1 Å². The SMILES string of the molecule is Cc1cc(C)n(-c2ccc(CNC(=O)[C@H]3CS[C@]4(C)CCC(=O)N34)cn2)n1. The van der Waals surface area contributed by atoms with Gasteiger partial charge in [-0.25, -0.2) is 9.67 Å². The first-order chi connectivity index (χ1) is 12.9. The molecule has 2 aromatic heterocycles. The standard InChI is InChI=1S/C19H23N5O2S/c1-12-8-13(2)24(22-12)16-5-4-14(9-20-16)10-21-18(26)15-11-27-19(3)7-6-17(25)23(15)19/h4-5,8-9,15H,6-7,10-11H2,1-3H3,(H,21,26)/t15-,19-/m1/s1. The first-order valence-corrected chi connectivity index (χ1v) is 10.1. The van der Waals surface area contributed by atoms with Gasteiger partial charge < -0.3 is 10.2 Å². The highest BCUT2D eigenvalue weighted by Gasteiger charge is 2.52. The van der Waals surface area contributed by atoms with Crippen molar-refractivity contribution in [2.45, 2.75) is 51.1 Å². The maximum Gasteiger partial charge on any atom is 0.243 e. The van der Waals surface area contributed by atoms with Crippen molar-refractivity contribution >= 4 is 23.6 Å². The Labute approximate surface area is 162 Å². The van der Waals surface area contributed by atoms with Crippen molar-refractivity contribution in [3.05, 3.63) is 41.3 Å². The van der Waals surface area contributed by atoms with Crippen LogP contribution in [0, 0.1) is 13.8 Å². The fourth-order valence-corrected chi connectivity index (χ4v) is 5.26. The number of nitrogens with one attached hydrogen (secondary N) is 1. The zero-order valence-corrected chi connectivity index (χ0v) is 16.5. The molecular formula is C19H23N5O2S. The van der Waals surface area contributed by atoms with Gasteiger partial charge in [-0.1, -0.05) is 6.07 Å². The van der Waals surface area contributed by atoms with Gasteiger partial charge in [0.15, 0.2) is 5.82 Å². The summed E-state index contributed by atoms with van der Waals surface area (Å²) in [5.74, 6) is 1.40. The minimum Gasteiger partial charge on any atom is -0.350 e. The van der Waals surface area contributed by atoms with Crippen molar-refractivity contribution in [3.63, 3.8) is 0 Å². The summed E-state index contributed by atoms with van der Waals surface area (Å²) in [4.78, 5) is 30.8. The molecule has 142 valence electrons. The number of hydrogen-bond donors (Lipinski definition) is 1. The van der Waals surface area contributed by atoms with Gasteiger partial charge in [0.05, 0.1) is 10.6 Å². The fraction of sp³-hybridized carbons (Fsp3) is 0.474. The van der Waals surface area contributed by atoms with E-state index >= 15 is 0 Å². The van der Waals surface area contributed by atoms with E-state index in [2.05, 4.69) is 22.3 Å². The van der Waals surface area contributed by atoms with E-state index < -0.39 is 0 Å². The van der Waals surface area contributed by atoms with Crippen LogP contribution in [0.5, 0.6) is 0 Å². The molecule has 4 heterocycles. The summed E-state index contributed by atoms with van der Waals surface area (Å²) in [6.45, 7) is 6.38. The first-order valence-electron chi connectivity index (χ1n) is 9.10. The van der Waals surface area contributed by atoms with Gasteiger partial charge in [-0.2, -0.15) is 5.10 Å². The van der Waals surface area contributed by atoms with E-state index in [9.17, 15) is 9.59 Å². The molecule has 2 aliphatic heterocycles. The molecular weight excluding hydrogens is 362 g/mol. The highest BCUT2D eigenvalue weighted by atomic mass is 32.2. The van der Waals surface area contributed by atoms with Gasteiger partial charge >= 0.3 is 0 Å². The lowest BCUT2D eigenvalue weighted by atomic mass is 10.2. The Morgan fingerprint density at radius 2 is 2.22 bits per heavy atom. The van der Waals surface area contributed by atoms with E-state index in [1.54, 1.807) is 27.5 Å². The van der Waals surface area contributed by atoms with Crippen molar-refractivity contribution < 1.29 is 9.59 Å². The van der Waals surface area contributed by atoms with Crippen molar-refractivity contribution in [3.8, 4) is 5.82 Å². The molecule has 1 N–H and O–H groups in total. The molecule has 0 bridgehead atoms. The zero-order valence-electron chi connectivity index (χ0n) is 15.7. The van der Waals surface area contributed by atoms with Crippen LogP contribution in [0.25, 0.3) is 5.82 Å². The Morgan fingerprint density at radius 3 is 2.89 bits per heavy atom. The molecule has 0 radical (unpaired) electrons. The average Bonchev–Trinajstić information content (AvgIpc) is 3.26. The second-order valence-electron chi connectivity index (χ2n) is 7.35. The molecule has 0 aliphatic carbocycles. The first kappa shape index (κ1) is 18.0. The smallest absolute Gasteiger partial charge is 0.243 e. The number of aryl methyl sites for hydroxylation is 2. The predicted octanol–water partition coefficient (Wildman–Crippen LogP) is 1.95. The van der Waals surface area contributed by atoms with E-state index in [1.807, 2.05) is 32.0 Å². The summed E-state index contributed by atoms with van der Waals surface area (Å²) in [7, 11) is 0. The van der Waals surface area contributed by atoms with Crippen molar-refractivity contribution in [1.82, 2.24) is 25.0 Å². The summed E-state index contributed by atoms with van der Waals surface area (Å²) >= 11 is 1.70. The minimum absolute atomic E-state index is 0.0820. The third kappa shape index (κ3) is 3.22. The monoisotopic (exact) mass is 385 g/mol. The van der Waals surface area contributed by atoms with Crippen LogP contribution in [0.2, 0.25) is 0 Å². The molecule has 0 unspecified atom stereocenters. The topological polar surface area (TPSA) is 80.1 Å². The van der Waals surface area contributed by atoms with Crippen molar-refractivity contribution in [2.75, 3.05) is 5.75 Å². The highest BCUT2D eigenvalue weighted by Crippen LogP contribution is 2.47. The molecule has 2 aromatic rings. The molecule has 4 rings (SSSR count). The Hall–Kier alpha value is -2.35. The number of carbonyl (C=O) groups is 2. The number of amides is 2. The van der Waals surface area contributed by atoms with Crippen LogP contribution < -0.4 is 5.32 Å². The van der Waals surface area contributed by atoms with E-state index in [4.69, 9.17) is 0 Å².